The second-order valence-electron chi connectivity index (χ2n) is 4.63. The highest BCUT2D eigenvalue weighted by Crippen LogP contribution is 2.28. The van der Waals surface area contributed by atoms with Crippen molar-refractivity contribution in [3.05, 3.63) is 35.9 Å². The molecule has 2 rings (SSSR count). The molecule has 0 unspecified atom stereocenters. The SMILES string of the molecule is C[C@]1(c2ccccc2)NC(=O)N(CC(=O)OCC#N)C1=O. The van der Waals surface area contributed by atoms with Crippen LogP contribution >= 0.6 is 0 Å². The van der Waals surface area contributed by atoms with E-state index in [4.69, 9.17) is 5.26 Å². The molecular weight excluding hydrogens is 274 g/mol. The van der Waals surface area contributed by atoms with Gasteiger partial charge in [0.15, 0.2) is 6.61 Å². The number of esters is 1. The molecule has 0 saturated carbocycles. The first-order valence-electron chi connectivity index (χ1n) is 6.21. The molecule has 1 aliphatic rings. The normalized spacial score (nSPS) is 20.9. The highest BCUT2D eigenvalue weighted by atomic mass is 16.5. The minimum absolute atomic E-state index is 0.418. The number of rotatable bonds is 4. The van der Waals surface area contributed by atoms with Gasteiger partial charge in [-0.25, -0.2) is 4.79 Å². The van der Waals surface area contributed by atoms with Crippen LogP contribution in [-0.2, 0) is 19.9 Å². The summed E-state index contributed by atoms with van der Waals surface area (Å²) in [5.41, 5.74) is -0.593. The molecule has 1 N–H and O–H groups in total. The molecule has 1 aliphatic heterocycles. The van der Waals surface area contributed by atoms with E-state index >= 15 is 0 Å². The van der Waals surface area contributed by atoms with Crippen LogP contribution in [0.15, 0.2) is 30.3 Å². The third kappa shape index (κ3) is 2.69. The lowest BCUT2D eigenvalue weighted by atomic mass is 9.92. The molecule has 1 aromatic rings. The van der Waals surface area contributed by atoms with Gasteiger partial charge in [-0.2, -0.15) is 5.26 Å². The van der Waals surface area contributed by atoms with E-state index in [0.717, 1.165) is 4.90 Å². The third-order valence-corrected chi connectivity index (χ3v) is 3.21. The van der Waals surface area contributed by atoms with Gasteiger partial charge in [0.2, 0.25) is 0 Å². The summed E-state index contributed by atoms with van der Waals surface area (Å²) >= 11 is 0. The monoisotopic (exact) mass is 287 g/mol. The molecule has 7 heteroatoms. The zero-order valence-corrected chi connectivity index (χ0v) is 11.3. The van der Waals surface area contributed by atoms with E-state index in [9.17, 15) is 14.4 Å². The van der Waals surface area contributed by atoms with Crippen molar-refractivity contribution in [1.82, 2.24) is 10.2 Å². The van der Waals surface area contributed by atoms with Crippen molar-refractivity contribution in [2.24, 2.45) is 0 Å². The van der Waals surface area contributed by atoms with Gasteiger partial charge in [-0.3, -0.25) is 14.5 Å². The molecular formula is C14H13N3O4. The summed E-state index contributed by atoms with van der Waals surface area (Å²) in [7, 11) is 0. The fourth-order valence-corrected chi connectivity index (χ4v) is 2.10. The van der Waals surface area contributed by atoms with E-state index in [0.29, 0.717) is 5.56 Å². The molecule has 108 valence electrons. The molecule has 1 heterocycles. The van der Waals surface area contributed by atoms with Gasteiger partial charge < -0.3 is 10.1 Å². The van der Waals surface area contributed by atoms with Crippen LogP contribution in [0.1, 0.15) is 12.5 Å². The molecule has 3 amide bonds. The van der Waals surface area contributed by atoms with E-state index in [-0.39, 0.29) is 0 Å². The van der Waals surface area contributed by atoms with Gasteiger partial charge >= 0.3 is 12.0 Å². The van der Waals surface area contributed by atoms with Gasteiger partial charge in [0, 0.05) is 0 Å². The van der Waals surface area contributed by atoms with Crippen molar-refractivity contribution in [3.8, 4) is 6.07 Å². The van der Waals surface area contributed by atoms with Crippen LogP contribution in [0.3, 0.4) is 0 Å². The summed E-state index contributed by atoms with van der Waals surface area (Å²) in [6.45, 7) is 0.635. The lowest BCUT2D eigenvalue weighted by Gasteiger charge is -2.21. The standard InChI is InChI=1S/C14H13N3O4/c1-14(10-5-3-2-4-6-10)12(19)17(13(20)16-14)9-11(18)21-8-7-15/h2-6H,8-9H2,1H3,(H,16,20)/t14-/m1/s1. The Morgan fingerprint density at radius 2 is 2.05 bits per heavy atom. The van der Waals surface area contributed by atoms with Crippen molar-refractivity contribution < 1.29 is 19.1 Å². The number of amides is 3. The molecule has 1 fully saturated rings. The van der Waals surface area contributed by atoms with Gasteiger partial charge in [-0.1, -0.05) is 30.3 Å². The summed E-state index contributed by atoms with van der Waals surface area (Å²) in [6.07, 6.45) is 0. The number of urea groups is 1. The Bertz CT molecular complexity index is 623. The van der Waals surface area contributed by atoms with Crippen LogP contribution < -0.4 is 5.32 Å². The zero-order valence-electron chi connectivity index (χ0n) is 11.3. The Labute approximate surface area is 121 Å². The smallest absolute Gasteiger partial charge is 0.327 e. The predicted molar refractivity (Wildman–Crippen MR) is 70.6 cm³/mol. The van der Waals surface area contributed by atoms with Crippen LogP contribution in [0, 0.1) is 11.3 Å². The number of benzene rings is 1. The Morgan fingerprint density at radius 3 is 2.67 bits per heavy atom. The van der Waals surface area contributed by atoms with E-state index in [1.54, 1.807) is 43.3 Å². The predicted octanol–water partition coefficient (Wildman–Crippen LogP) is 0.520. The van der Waals surface area contributed by atoms with Crippen LogP contribution in [0.2, 0.25) is 0 Å². The van der Waals surface area contributed by atoms with E-state index in [1.165, 1.54) is 0 Å². The minimum atomic E-state index is -1.21. The van der Waals surface area contributed by atoms with Crippen molar-refractivity contribution in [1.29, 1.82) is 5.26 Å². The Hall–Kier alpha value is -2.88. The molecule has 1 saturated heterocycles. The quantitative estimate of drug-likeness (QED) is 0.643. The van der Waals surface area contributed by atoms with E-state index < -0.39 is 36.6 Å². The van der Waals surface area contributed by atoms with Crippen LogP contribution in [0.4, 0.5) is 4.79 Å². The maximum absolute atomic E-state index is 12.4. The minimum Gasteiger partial charge on any atom is -0.449 e. The largest absolute Gasteiger partial charge is 0.449 e. The van der Waals surface area contributed by atoms with Crippen molar-refractivity contribution in [3.63, 3.8) is 0 Å². The first kappa shape index (κ1) is 14.5. The Balaban J connectivity index is 2.17. The topological polar surface area (TPSA) is 99.5 Å². The van der Waals surface area contributed by atoms with Gasteiger partial charge in [-0.05, 0) is 12.5 Å². The summed E-state index contributed by atoms with van der Waals surface area (Å²) in [5.74, 6) is -1.34. The fraction of sp³-hybridized carbons (Fsp3) is 0.286. The van der Waals surface area contributed by atoms with Crippen LogP contribution in [0.5, 0.6) is 0 Å². The third-order valence-electron chi connectivity index (χ3n) is 3.21. The highest BCUT2D eigenvalue weighted by molar-refractivity contribution is 6.08. The average Bonchev–Trinajstić information content (AvgIpc) is 2.70. The van der Waals surface area contributed by atoms with Crippen molar-refractivity contribution >= 4 is 17.9 Å². The van der Waals surface area contributed by atoms with Crippen molar-refractivity contribution in [2.45, 2.75) is 12.5 Å². The molecule has 0 aromatic heterocycles. The number of ether oxygens (including phenoxy) is 1. The molecule has 7 nitrogen and oxygen atoms in total. The number of carbonyl (C=O) groups excluding carboxylic acids is 3. The van der Waals surface area contributed by atoms with Crippen molar-refractivity contribution in [2.75, 3.05) is 13.2 Å². The number of nitrogens with one attached hydrogen (secondary N) is 1. The number of imide groups is 1. The number of nitrogens with zero attached hydrogens (tertiary/aromatic N) is 2. The Kier molecular flexibility index (Phi) is 3.89. The zero-order chi connectivity index (χ0) is 15.5. The highest BCUT2D eigenvalue weighted by Gasteiger charge is 2.49. The lowest BCUT2D eigenvalue weighted by Crippen LogP contribution is -2.41. The van der Waals surface area contributed by atoms with Crippen LogP contribution in [-0.4, -0.2) is 36.0 Å². The first-order chi connectivity index (χ1) is 9.99. The van der Waals surface area contributed by atoms with Gasteiger partial charge in [0.25, 0.3) is 5.91 Å². The fourth-order valence-electron chi connectivity index (χ4n) is 2.10. The summed E-state index contributed by atoms with van der Waals surface area (Å²) in [6, 6.07) is 9.71. The molecule has 0 radical (unpaired) electrons. The molecule has 0 aliphatic carbocycles. The molecule has 0 spiro atoms. The number of hydrogen-bond donors (Lipinski definition) is 1. The molecule has 1 atom stereocenters. The van der Waals surface area contributed by atoms with Gasteiger partial charge in [-0.15, -0.1) is 0 Å². The van der Waals surface area contributed by atoms with E-state index in [2.05, 4.69) is 10.1 Å². The number of nitriles is 1. The van der Waals surface area contributed by atoms with E-state index in [1.807, 2.05) is 0 Å². The lowest BCUT2D eigenvalue weighted by molar-refractivity contribution is -0.146. The summed E-state index contributed by atoms with van der Waals surface area (Å²) < 4.78 is 4.55. The second kappa shape index (κ2) is 5.63. The molecule has 21 heavy (non-hydrogen) atoms. The number of hydrogen-bond acceptors (Lipinski definition) is 5. The maximum atomic E-state index is 12.4. The van der Waals surface area contributed by atoms with Gasteiger partial charge in [0.05, 0.1) is 0 Å². The maximum Gasteiger partial charge on any atom is 0.327 e. The Morgan fingerprint density at radius 1 is 1.38 bits per heavy atom. The first-order valence-corrected chi connectivity index (χ1v) is 6.21. The van der Waals surface area contributed by atoms with Gasteiger partial charge in [0.1, 0.15) is 18.2 Å². The summed E-state index contributed by atoms with van der Waals surface area (Å²) in [5, 5.41) is 10.9. The van der Waals surface area contributed by atoms with Crippen LogP contribution in [0.25, 0.3) is 0 Å². The second-order valence-corrected chi connectivity index (χ2v) is 4.63. The number of carbonyl (C=O) groups is 3. The summed E-state index contributed by atoms with van der Waals surface area (Å²) in [4.78, 5) is 36.6. The molecule has 0 bridgehead atoms. The molecule has 1 aromatic carbocycles. The average molecular weight is 287 g/mol.